The number of anilines is 2. The monoisotopic (exact) mass is 278 g/mol. The van der Waals surface area contributed by atoms with E-state index in [2.05, 4.69) is 12.2 Å². The van der Waals surface area contributed by atoms with Crippen molar-refractivity contribution in [2.24, 2.45) is 5.92 Å². The van der Waals surface area contributed by atoms with Crippen LogP contribution in [0.1, 0.15) is 39.5 Å². The molecule has 4 heteroatoms. The number of ether oxygens (including phenoxy) is 1. The summed E-state index contributed by atoms with van der Waals surface area (Å²) in [5.74, 6) is 1.46. The summed E-state index contributed by atoms with van der Waals surface area (Å²) in [7, 11) is 0. The van der Waals surface area contributed by atoms with Crippen molar-refractivity contribution in [1.82, 2.24) is 0 Å². The van der Waals surface area contributed by atoms with Crippen LogP contribution in [-0.4, -0.2) is 23.9 Å². The van der Waals surface area contributed by atoms with E-state index in [4.69, 9.17) is 10.5 Å². The van der Waals surface area contributed by atoms with Gasteiger partial charge in [-0.05, 0) is 50.7 Å². The summed E-state index contributed by atoms with van der Waals surface area (Å²) in [6.45, 7) is 4.97. The van der Waals surface area contributed by atoms with E-state index in [1.165, 1.54) is 0 Å². The van der Waals surface area contributed by atoms with Gasteiger partial charge in [-0.15, -0.1) is 0 Å². The van der Waals surface area contributed by atoms with Crippen LogP contribution in [0, 0.1) is 5.92 Å². The summed E-state index contributed by atoms with van der Waals surface area (Å²) in [5.41, 5.74) is 7.30. The van der Waals surface area contributed by atoms with E-state index in [0.717, 1.165) is 37.3 Å². The van der Waals surface area contributed by atoms with E-state index in [-0.39, 0.29) is 12.1 Å². The normalized spacial score (nSPS) is 26.2. The van der Waals surface area contributed by atoms with Crippen LogP contribution in [0.2, 0.25) is 0 Å². The molecular weight excluding hydrogens is 252 g/mol. The molecule has 1 aromatic carbocycles. The molecule has 4 nitrogen and oxygen atoms in total. The van der Waals surface area contributed by atoms with Gasteiger partial charge in [-0.2, -0.15) is 0 Å². The minimum Gasteiger partial charge on any atom is -0.492 e. The Hall–Kier alpha value is -1.42. The predicted octanol–water partition coefficient (Wildman–Crippen LogP) is 3.02. The van der Waals surface area contributed by atoms with Crippen molar-refractivity contribution in [2.75, 3.05) is 24.3 Å². The summed E-state index contributed by atoms with van der Waals surface area (Å²) >= 11 is 0. The average Bonchev–Trinajstić information content (AvgIpc) is 2.46. The van der Waals surface area contributed by atoms with Crippen LogP contribution in [0.3, 0.4) is 0 Å². The molecule has 1 aromatic rings. The second-order valence-electron chi connectivity index (χ2n) is 5.93. The van der Waals surface area contributed by atoms with Crippen molar-refractivity contribution in [1.29, 1.82) is 0 Å². The summed E-state index contributed by atoms with van der Waals surface area (Å²) in [5, 5.41) is 13.3. The second kappa shape index (κ2) is 6.35. The maximum Gasteiger partial charge on any atom is 0.144 e. The first-order valence-corrected chi connectivity index (χ1v) is 7.50. The molecule has 0 unspecified atom stereocenters. The molecule has 0 atom stereocenters. The van der Waals surface area contributed by atoms with Crippen LogP contribution in [-0.2, 0) is 0 Å². The van der Waals surface area contributed by atoms with Crippen LogP contribution in [0.5, 0.6) is 5.75 Å². The smallest absolute Gasteiger partial charge is 0.144 e. The van der Waals surface area contributed by atoms with Gasteiger partial charge < -0.3 is 20.9 Å². The standard InChI is InChI=1S/C16H26N2O2/c1-3-20-15-10-13(4-5-14(15)17)18-16(11-19)8-6-12(2)7-9-16/h4-5,10,12,18-19H,3,6-9,11,17H2,1-2H3. The van der Waals surface area contributed by atoms with Crippen molar-refractivity contribution >= 4 is 11.4 Å². The Morgan fingerprint density at radius 3 is 2.70 bits per heavy atom. The molecule has 0 saturated heterocycles. The van der Waals surface area contributed by atoms with Gasteiger partial charge in [0.2, 0.25) is 0 Å². The van der Waals surface area contributed by atoms with Gasteiger partial charge in [0.15, 0.2) is 0 Å². The minimum atomic E-state index is -0.202. The zero-order valence-electron chi connectivity index (χ0n) is 12.5. The van der Waals surface area contributed by atoms with Crippen LogP contribution < -0.4 is 15.8 Å². The van der Waals surface area contributed by atoms with Crippen molar-refractivity contribution in [3.05, 3.63) is 18.2 Å². The molecule has 1 fully saturated rings. The molecule has 1 aliphatic rings. The Labute approximate surface area is 121 Å². The lowest BCUT2D eigenvalue weighted by Crippen LogP contribution is -2.45. The topological polar surface area (TPSA) is 67.5 Å². The van der Waals surface area contributed by atoms with E-state index in [1.54, 1.807) is 0 Å². The predicted molar refractivity (Wildman–Crippen MR) is 83.1 cm³/mol. The van der Waals surface area contributed by atoms with Gasteiger partial charge in [0, 0.05) is 11.8 Å². The summed E-state index contributed by atoms with van der Waals surface area (Å²) < 4.78 is 5.52. The molecule has 0 radical (unpaired) electrons. The number of rotatable bonds is 5. The number of hydrogen-bond donors (Lipinski definition) is 3. The van der Waals surface area contributed by atoms with Crippen LogP contribution >= 0.6 is 0 Å². The third kappa shape index (κ3) is 3.37. The number of hydrogen-bond acceptors (Lipinski definition) is 4. The Balaban J connectivity index is 2.13. The zero-order valence-corrected chi connectivity index (χ0v) is 12.5. The number of aliphatic hydroxyl groups excluding tert-OH is 1. The van der Waals surface area contributed by atoms with E-state index >= 15 is 0 Å². The molecule has 0 spiro atoms. The van der Waals surface area contributed by atoms with Crippen LogP contribution in [0.25, 0.3) is 0 Å². The maximum atomic E-state index is 9.80. The fourth-order valence-corrected chi connectivity index (χ4v) is 2.84. The SMILES string of the molecule is CCOc1cc(NC2(CO)CCC(C)CC2)ccc1N. The number of nitrogens with two attached hydrogens (primary N) is 1. The van der Waals surface area contributed by atoms with Crippen molar-refractivity contribution in [3.63, 3.8) is 0 Å². The van der Waals surface area contributed by atoms with E-state index in [9.17, 15) is 5.11 Å². The molecule has 0 amide bonds. The first-order chi connectivity index (χ1) is 9.58. The Morgan fingerprint density at radius 1 is 1.40 bits per heavy atom. The molecule has 1 aliphatic carbocycles. The summed E-state index contributed by atoms with van der Waals surface area (Å²) in [6, 6.07) is 5.73. The highest BCUT2D eigenvalue weighted by Crippen LogP contribution is 2.35. The highest BCUT2D eigenvalue weighted by Gasteiger charge is 2.33. The fourth-order valence-electron chi connectivity index (χ4n) is 2.84. The minimum absolute atomic E-state index is 0.161. The molecule has 20 heavy (non-hydrogen) atoms. The van der Waals surface area contributed by atoms with Crippen molar-refractivity contribution in [2.45, 2.75) is 45.1 Å². The Kier molecular flexibility index (Phi) is 4.76. The first kappa shape index (κ1) is 15.0. The molecule has 1 saturated carbocycles. The lowest BCUT2D eigenvalue weighted by Gasteiger charge is -2.39. The average molecular weight is 278 g/mol. The Morgan fingerprint density at radius 2 is 2.10 bits per heavy atom. The van der Waals surface area contributed by atoms with Gasteiger partial charge in [-0.1, -0.05) is 6.92 Å². The molecule has 2 rings (SSSR count). The number of aliphatic hydroxyl groups is 1. The second-order valence-corrected chi connectivity index (χ2v) is 5.93. The Bertz CT molecular complexity index is 440. The number of nitrogens with one attached hydrogen (secondary N) is 1. The van der Waals surface area contributed by atoms with E-state index in [0.29, 0.717) is 18.0 Å². The summed E-state index contributed by atoms with van der Waals surface area (Å²) in [6.07, 6.45) is 4.31. The molecular formula is C16H26N2O2. The van der Waals surface area contributed by atoms with Gasteiger partial charge in [-0.25, -0.2) is 0 Å². The van der Waals surface area contributed by atoms with Gasteiger partial charge in [-0.3, -0.25) is 0 Å². The molecule has 0 bridgehead atoms. The lowest BCUT2D eigenvalue weighted by atomic mass is 9.77. The maximum absolute atomic E-state index is 9.80. The summed E-state index contributed by atoms with van der Waals surface area (Å²) in [4.78, 5) is 0. The van der Waals surface area contributed by atoms with Crippen LogP contribution in [0.4, 0.5) is 11.4 Å². The van der Waals surface area contributed by atoms with Crippen molar-refractivity contribution in [3.8, 4) is 5.75 Å². The van der Waals surface area contributed by atoms with E-state index < -0.39 is 0 Å². The highest BCUT2D eigenvalue weighted by atomic mass is 16.5. The molecule has 4 N–H and O–H groups in total. The first-order valence-electron chi connectivity index (χ1n) is 7.50. The molecule has 0 heterocycles. The molecule has 0 aliphatic heterocycles. The van der Waals surface area contributed by atoms with Gasteiger partial charge in [0.05, 0.1) is 24.4 Å². The van der Waals surface area contributed by atoms with Crippen LogP contribution in [0.15, 0.2) is 18.2 Å². The zero-order chi connectivity index (χ0) is 14.6. The lowest BCUT2D eigenvalue weighted by molar-refractivity contribution is 0.155. The highest BCUT2D eigenvalue weighted by molar-refractivity contribution is 5.62. The van der Waals surface area contributed by atoms with E-state index in [1.807, 2.05) is 25.1 Å². The molecule has 0 aromatic heterocycles. The number of nitrogen functional groups attached to an aromatic ring is 1. The van der Waals surface area contributed by atoms with Gasteiger partial charge in [0.1, 0.15) is 5.75 Å². The quantitative estimate of drug-likeness (QED) is 0.724. The van der Waals surface area contributed by atoms with Crippen molar-refractivity contribution < 1.29 is 9.84 Å². The third-order valence-corrected chi connectivity index (χ3v) is 4.26. The fraction of sp³-hybridized carbons (Fsp3) is 0.625. The number of benzene rings is 1. The van der Waals surface area contributed by atoms with Gasteiger partial charge >= 0.3 is 0 Å². The largest absolute Gasteiger partial charge is 0.492 e. The third-order valence-electron chi connectivity index (χ3n) is 4.26. The molecule has 112 valence electrons. The van der Waals surface area contributed by atoms with Gasteiger partial charge in [0.25, 0.3) is 0 Å².